The predicted octanol–water partition coefficient (Wildman–Crippen LogP) is 5.12. The Labute approximate surface area is 203 Å². The topological polar surface area (TPSA) is 87.5 Å². The fraction of sp³-hybridized carbons (Fsp3) is 0.222. The highest BCUT2D eigenvalue weighted by Gasteiger charge is 2.18. The van der Waals surface area contributed by atoms with Crippen molar-refractivity contribution in [2.24, 2.45) is 0 Å². The van der Waals surface area contributed by atoms with Crippen LogP contribution in [0.4, 0.5) is 11.5 Å². The van der Waals surface area contributed by atoms with Gasteiger partial charge in [-0.05, 0) is 36.4 Å². The molecule has 6 rings (SSSR count). The van der Waals surface area contributed by atoms with Crippen LogP contribution in [0.25, 0.3) is 27.8 Å². The molecule has 1 aliphatic heterocycles. The van der Waals surface area contributed by atoms with Crippen LogP contribution in [0.15, 0.2) is 73.3 Å². The molecule has 4 heterocycles. The van der Waals surface area contributed by atoms with Gasteiger partial charge in [-0.1, -0.05) is 26.0 Å². The van der Waals surface area contributed by atoms with Crippen LogP contribution < -0.4 is 5.32 Å². The van der Waals surface area contributed by atoms with E-state index in [2.05, 4.69) is 27.4 Å². The first-order valence-corrected chi connectivity index (χ1v) is 11.9. The van der Waals surface area contributed by atoms with Crippen LogP contribution in [-0.2, 0) is 4.74 Å². The Morgan fingerprint density at radius 2 is 1.86 bits per heavy atom. The zero-order chi connectivity index (χ0) is 24.2. The molecule has 0 spiro atoms. The van der Waals surface area contributed by atoms with E-state index in [0.717, 1.165) is 33.5 Å². The van der Waals surface area contributed by atoms with Gasteiger partial charge in [-0.15, -0.1) is 0 Å². The summed E-state index contributed by atoms with van der Waals surface area (Å²) in [6, 6.07) is 15.7. The van der Waals surface area contributed by atoms with Gasteiger partial charge in [-0.3, -0.25) is 4.79 Å². The minimum atomic E-state index is 0.0280. The molecule has 1 fully saturated rings. The van der Waals surface area contributed by atoms with Crippen molar-refractivity contribution in [3.63, 3.8) is 0 Å². The number of imidazole rings is 1. The summed E-state index contributed by atoms with van der Waals surface area (Å²) >= 11 is 0. The third-order valence-electron chi connectivity index (χ3n) is 5.94. The number of hydrogen-bond acceptors (Lipinski definition) is 5. The average molecular weight is 469 g/mol. The van der Waals surface area contributed by atoms with Gasteiger partial charge in [0.15, 0.2) is 11.5 Å². The van der Waals surface area contributed by atoms with E-state index in [9.17, 15) is 4.79 Å². The Kier molecular flexibility index (Phi) is 6.45. The van der Waals surface area contributed by atoms with Crippen molar-refractivity contribution in [1.29, 1.82) is 0 Å². The number of morpholine rings is 1. The number of carbonyl (C=O) groups is 1. The van der Waals surface area contributed by atoms with Crippen molar-refractivity contribution in [3.8, 4) is 11.3 Å². The number of fused-ring (bicyclic) bond motifs is 2. The standard InChI is InChI=1S/C25H22N6O2.C2H6/c32-25(30-12-14-33-15-13-30)17-4-6-18(7-5-17)28-23-24-27-10-11-31(24)16-22(29-23)19-2-1-3-21-20(19)8-9-26-21;1-2/h1-11,16,26H,12-15H2,(H,28,29);1-2H3. The smallest absolute Gasteiger partial charge is 0.254 e. The highest BCUT2D eigenvalue weighted by Crippen LogP contribution is 2.29. The number of carbonyl (C=O) groups excluding carboxylic acids is 1. The third-order valence-corrected chi connectivity index (χ3v) is 5.94. The van der Waals surface area contributed by atoms with Crippen molar-refractivity contribution >= 4 is 34.0 Å². The fourth-order valence-corrected chi connectivity index (χ4v) is 4.24. The van der Waals surface area contributed by atoms with E-state index < -0.39 is 0 Å². The summed E-state index contributed by atoms with van der Waals surface area (Å²) in [4.78, 5) is 27.2. The quantitative estimate of drug-likeness (QED) is 0.382. The first-order chi connectivity index (χ1) is 17.3. The summed E-state index contributed by atoms with van der Waals surface area (Å²) in [6.07, 6.45) is 7.59. The first kappa shape index (κ1) is 22.6. The van der Waals surface area contributed by atoms with E-state index in [-0.39, 0.29) is 5.91 Å². The molecule has 178 valence electrons. The minimum Gasteiger partial charge on any atom is -0.378 e. The summed E-state index contributed by atoms with van der Waals surface area (Å²) < 4.78 is 7.30. The number of nitrogens with one attached hydrogen (secondary N) is 2. The predicted molar refractivity (Wildman–Crippen MR) is 138 cm³/mol. The Bertz CT molecular complexity index is 1450. The number of anilines is 2. The summed E-state index contributed by atoms with van der Waals surface area (Å²) in [5.41, 5.74) is 5.17. The zero-order valence-corrected chi connectivity index (χ0v) is 19.9. The highest BCUT2D eigenvalue weighted by atomic mass is 16.5. The second kappa shape index (κ2) is 9.99. The summed E-state index contributed by atoms with van der Waals surface area (Å²) in [6.45, 7) is 6.43. The summed E-state index contributed by atoms with van der Waals surface area (Å²) in [7, 11) is 0. The molecule has 35 heavy (non-hydrogen) atoms. The molecule has 0 bridgehead atoms. The van der Waals surface area contributed by atoms with Gasteiger partial charge in [-0.25, -0.2) is 9.97 Å². The lowest BCUT2D eigenvalue weighted by atomic mass is 10.1. The van der Waals surface area contributed by atoms with Crippen molar-refractivity contribution in [1.82, 2.24) is 24.3 Å². The van der Waals surface area contributed by atoms with Gasteiger partial charge < -0.3 is 24.3 Å². The van der Waals surface area contributed by atoms with Crippen LogP contribution in [0.3, 0.4) is 0 Å². The second-order valence-electron chi connectivity index (χ2n) is 7.98. The number of nitrogens with zero attached hydrogens (tertiary/aromatic N) is 4. The monoisotopic (exact) mass is 468 g/mol. The molecule has 2 aromatic carbocycles. The Morgan fingerprint density at radius 3 is 2.66 bits per heavy atom. The Morgan fingerprint density at radius 1 is 1.06 bits per heavy atom. The largest absolute Gasteiger partial charge is 0.378 e. The van der Waals surface area contributed by atoms with Gasteiger partial charge in [0.2, 0.25) is 0 Å². The molecular formula is C27H28N6O2. The van der Waals surface area contributed by atoms with Crippen molar-refractivity contribution in [2.75, 3.05) is 31.6 Å². The lowest BCUT2D eigenvalue weighted by molar-refractivity contribution is 0.0303. The van der Waals surface area contributed by atoms with Crippen LogP contribution in [0.1, 0.15) is 24.2 Å². The van der Waals surface area contributed by atoms with Gasteiger partial charge in [0.1, 0.15) is 0 Å². The molecule has 5 aromatic rings. The van der Waals surface area contributed by atoms with Gasteiger partial charge in [0.25, 0.3) is 5.91 Å². The van der Waals surface area contributed by atoms with E-state index in [1.165, 1.54) is 0 Å². The summed E-state index contributed by atoms with van der Waals surface area (Å²) in [5, 5.41) is 4.50. The first-order valence-electron chi connectivity index (χ1n) is 11.9. The molecule has 8 heteroatoms. The van der Waals surface area contributed by atoms with Gasteiger partial charge in [0, 0.05) is 65.6 Å². The molecule has 0 unspecified atom stereocenters. The molecule has 0 saturated carbocycles. The maximum Gasteiger partial charge on any atom is 0.254 e. The maximum absolute atomic E-state index is 12.7. The minimum absolute atomic E-state index is 0.0280. The van der Waals surface area contributed by atoms with Crippen LogP contribution in [0, 0.1) is 0 Å². The number of benzene rings is 2. The Balaban J connectivity index is 0.00000124. The lowest BCUT2D eigenvalue weighted by Gasteiger charge is -2.26. The van der Waals surface area contributed by atoms with Crippen LogP contribution in [0.5, 0.6) is 0 Å². The van der Waals surface area contributed by atoms with E-state index >= 15 is 0 Å². The van der Waals surface area contributed by atoms with Crippen molar-refractivity contribution in [2.45, 2.75) is 13.8 Å². The number of aromatic amines is 1. The molecule has 1 saturated heterocycles. The molecule has 3 aromatic heterocycles. The number of hydrogen-bond donors (Lipinski definition) is 2. The third kappa shape index (κ3) is 4.48. The highest BCUT2D eigenvalue weighted by molar-refractivity contribution is 5.95. The molecule has 8 nitrogen and oxygen atoms in total. The summed E-state index contributed by atoms with van der Waals surface area (Å²) in [5.74, 6) is 0.678. The fourth-order valence-electron chi connectivity index (χ4n) is 4.24. The van der Waals surface area contributed by atoms with E-state index in [1.54, 1.807) is 6.20 Å². The van der Waals surface area contributed by atoms with E-state index in [1.807, 2.05) is 78.1 Å². The van der Waals surface area contributed by atoms with E-state index in [0.29, 0.717) is 37.7 Å². The van der Waals surface area contributed by atoms with Gasteiger partial charge in [0.05, 0.1) is 18.9 Å². The average Bonchev–Trinajstić information content (AvgIpc) is 3.60. The molecule has 1 amide bonds. The zero-order valence-electron chi connectivity index (χ0n) is 19.9. The number of H-pyrrole nitrogens is 1. The van der Waals surface area contributed by atoms with Crippen LogP contribution in [0.2, 0.25) is 0 Å². The molecular weight excluding hydrogens is 440 g/mol. The van der Waals surface area contributed by atoms with Crippen molar-refractivity contribution < 1.29 is 9.53 Å². The van der Waals surface area contributed by atoms with Crippen LogP contribution >= 0.6 is 0 Å². The molecule has 0 atom stereocenters. The van der Waals surface area contributed by atoms with Crippen LogP contribution in [-0.4, -0.2) is 56.5 Å². The number of amides is 1. The number of aromatic nitrogens is 4. The SMILES string of the molecule is CC.O=C(c1ccc(Nc2nc(-c3cccc4[nH]ccc34)cn3ccnc23)cc1)N1CCOCC1. The van der Waals surface area contributed by atoms with Crippen molar-refractivity contribution in [3.05, 3.63) is 78.9 Å². The lowest BCUT2D eigenvalue weighted by Crippen LogP contribution is -2.40. The maximum atomic E-state index is 12.7. The normalized spacial score (nSPS) is 13.5. The number of rotatable bonds is 4. The second-order valence-corrected chi connectivity index (χ2v) is 7.98. The molecule has 0 radical (unpaired) electrons. The number of ether oxygens (including phenoxy) is 1. The van der Waals surface area contributed by atoms with Gasteiger partial charge >= 0.3 is 0 Å². The molecule has 2 N–H and O–H groups in total. The van der Waals surface area contributed by atoms with E-state index in [4.69, 9.17) is 9.72 Å². The Hall–Kier alpha value is -4.17. The van der Waals surface area contributed by atoms with Gasteiger partial charge in [-0.2, -0.15) is 0 Å². The molecule has 1 aliphatic rings. The molecule has 0 aliphatic carbocycles.